The molecule has 2 aromatic carbocycles. The standard InChI is InChI=1S/C23H22N4O/c1-17-5-7-18(8-6-17)21-13-14-24-23(26-21)25-20-11-9-19(10-12-20)22(28)27-15-3-2-4-16-27/h2-3,5-14H,4,15-16H2,1H3,(H,24,25,26). The van der Waals surface area contributed by atoms with E-state index in [0.717, 1.165) is 29.9 Å². The minimum Gasteiger partial charge on any atom is -0.335 e. The number of amides is 1. The van der Waals surface area contributed by atoms with Gasteiger partial charge in [0.1, 0.15) is 0 Å². The molecule has 5 nitrogen and oxygen atoms in total. The number of hydrogen-bond acceptors (Lipinski definition) is 4. The average Bonchev–Trinajstić information content (AvgIpc) is 2.75. The van der Waals surface area contributed by atoms with Crippen LogP contribution in [0.25, 0.3) is 11.3 Å². The third-order valence-electron chi connectivity index (χ3n) is 4.74. The van der Waals surface area contributed by atoms with Crippen molar-refractivity contribution in [2.24, 2.45) is 0 Å². The summed E-state index contributed by atoms with van der Waals surface area (Å²) in [5, 5.41) is 3.21. The van der Waals surface area contributed by atoms with E-state index in [1.807, 2.05) is 41.3 Å². The molecule has 0 spiro atoms. The molecule has 1 amide bonds. The van der Waals surface area contributed by atoms with Crippen LogP contribution in [0.15, 0.2) is 72.9 Å². The van der Waals surface area contributed by atoms with E-state index in [-0.39, 0.29) is 5.91 Å². The van der Waals surface area contributed by atoms with Gasteiger partial charge in [0, 0.05) is 36.1 Å². The second-order valence-corrected chi connectivity index (χ2v) is 6.85. The fourth-order valence-corrected chi connectivity index (χ4v) is 3.14. The van der Waals surface area contributed by atoms with Crippen molar-refractivity contribution >= 4 is 17.5 Å². The lowest BCUT2D eigenvalue weighted by Gasteiger charge is -2.23. The first-order valence-corrected chi connectivity index (χ1v) is 9.40. The van der Waals surface area contributed by atoms with E-state index in [1.54, 1.807) is 6.20 Å². The van der Waals surface area contributed by atoms with Crippen molar-refractivity contribution in [1.29, 1.82) is 0 Å². The normalized spacial score (nSPS) is 13.4. The van der Waals surface area contributed by atoms with Crippen LogP contribution < -0.4 is 5.32 Å². The van der Waals surface area contributed by atoms with Crippen molar-refractivity contribution in [3.63, 3.8) is 0 Å². The number of aromatic nitrogens is 2. The smallest absolute Gasteiger partial charge is 0.254 e. The van der Waals surface area contributed by atoms with E-state index in [0.29, 0.717) is 18.1 Å². The van der Waals surface area contributed by atoms with Gasteiger partial charge in [-0.15, -0.1) is 0 Å². The molecule has 0 radical (unpaired) electrons. The van der Waals surface area contributed by atoms with Crippen LogP contribution in [0.1, 0.15) is 22.3 Å². The van der Waals surface area contributed by atoms with Crippen LogP contribution in [-0.2, 0) is 0 Å². The zero-order valence-electron chi connectivity index (χ0n) is 15.8. The maximum atomic E-state index is 12.5. The molecule has 0 saturated heterocycles. The van der Waals surface area contributed by atoms with Gasteiger partial charge in [0.2, 0.25) is 5.95 Å². The monoisotopic (exact) mass is 370 g/mol. The highest BCUT2D eigenvalue weighted by molar-refractivity contribution is 5.94. The summed E-state index contributed by atoms with van der Waals surface area (Å²) in [4.78, 5) is 23.3. The quantitative estimate of drug-likeness (QED) is 0.682. The Kier molecular flexibility index (Phi) is 5.15. The van der Waals surface area contributed by atoms with E-state index < -0.39 is 0 Å². The second kappa shape index (κ2) is 8.05. The molecule has 3 aromatic rings. The molecule has 1 aliphatic rings. The van der Waals surface area contributed by atoms with Crippen LogP contribution in [0.3, 0.4) is 0 Å². The molecule has 1 aliphatic heterocycles. The highest BCUT2D eigenvalue weighted by Crippen LogP contribution is 2.20. The zero-order chi connectivity index (χ0) is 19.3. The Morgan fingerprint density at radius 2 is 1.79 bits per heavy atom. The Morgan fingerprint density at radius 1 is 1.00 bits per heavy atom. The van der Waals surface area contributed by atoms with Crippen LogP contribution in [0.2, 0.25) is 0 Å². The van der Waals surface area contributed by atoms with E-state index in [9.17, 15) is 4.79 Å². The van der Waals surface area contributed by atoms with E-state index in [1.165, 1.54) is 5.56 Å². The molecule has 0 bridgehead atoms. The number of carbonyl (C=O) groups is 1. The molecule has 0 atom stereocenters. The zero-order valence-corrected chi connectivity index (χ0v) is 15.8. The Balaban J connectivity index is 1.47. The van der Waals surface area contributed by atoms with Crippen LogP contribution in [-0.4, -0.2) is 33.9 Å². The largest absolute Gasteiger partial charge is 0.335 e. The number of rotatable bonds is 4. The SMILES string of the molecule is Cc1ccc(-c2ccnc(Nc3ccc(C(=O)N4CC=CCC4)cc3)n2)cc1. The molecule has 0 fully saturated rings. The number of nitrogens with zero attached hydrogens (tertiary/aromatic N) is 3. The van der Waals surface area contributed by atoms with Gasteiger partial charge in [0.05, 0.1) is 5.69 Å². The van der Waals surface area contributed by atoms with Crippen LogP contribution in [0.5, 0.6) is 0 Å². The van der Waals surface area contributed by atoms with Gasteiger partial charge in [-0.3, -0.25) is 4.79 Å². The van der Waals surface area contributed by atoms with E-state index >= 15 is 0 Å². The summed E-state index contributed by atoms with van der Waals surface area (Å²) in [6.07, 6.45) is 6.81. The summed E-state index contributed by atoms with van der Waals surface area (Å²) >= 11 is 0. The minimum absolute atomic E-state index is 0.0634. The van der Waals surface area contributed by atoms with Crippen molar-refractivity contribution in [1.82, 2.24) is 14.9 Å². The molecule has 28 heavy (non-hydrogen) atoms. The lowest BCUT2D eigenvalue weighted by atomic mass is 10.1. The van der Waals surface area contributed by atoms with Crippen LogP contribution in [0, 0.1) is 6.92 Å². The molecular formula is C23H22N4O. The van der Waals surface area contributed by atoms with Gasteiger partial charge < -0.3 is 10.2 Å². The predicted octanol–water partition coefficient (Wildman–Crippen LogP) is 4.60. The molecule has 140 valence electrons. The predicted molar refractivity (Wildman–Crippen MR) is 112 cm³/mol. The fourth-order valence-electron chi connectivity index (χ4n) is 3.14. The first-order chi connectivity index (χ1) is 13.7. The third-order valence-corrected chi connectivity index (χ3v) is 4.74. The Labute approximate surface area is 164 Å². The maximum Gasteiger partial charge on any atom is 0.254 e. The Hall–Kier alpha value is -3.47. The Morgan fingerprint density at radius 3 is 2.50 bits per heavy atom. The lowest BCUT2D eigenvalue weighted by Crippen LogP contribution is -2.33. The van der Waals surface area contributed by atoms with E-state index in [2.05, 4.69) is 52.5 Å². The van der Waals surface area contributed by atoms with Crippen LogP contribution in [0.4, 0.5) is 11.6 Å². The summed E-state index contributed by atoms with van der Waals surface area (Å²) in [5.74, 6) is 0.590. The van der Waals surface area contributed by atoms with Crippen LogP contribution >= 0.6 is 0 Å². The molecule has 4 rings (SSSR count). The molecule has 2 heterocycles. The number of anilines is 2. The van der Waals surface area contributed by atoms with Crippen molar-refractivity contribution in [3.05, 3.63) is 84.1 Å². The van der Waals surface area contributed by atoms with Gasteiger partial charge in [-0.25, -0.2) is 9.97 Å². The third kappa shape index (κ3) is 4.09. The fraction of sp³-hybridized carbons (Fsp3) is 0.174. The summed E-state index contributed by atoms with van der Waals surface area (Å²) < 4.78 is 0. The molecule has 0 aliphatic carbocycles. The Bertz CT molecular complexity index is 994. The topological polar surface area (TPSA) is 58.1 Å². The highest BCUT2D eigenvalue weighted by atomic mass is 16.2. The first-order valence-electron chi connectivity index (χ1n) is 9.40. The summed E-state index contributed by atoms with van der Waals surface area (Å²) in [6.45, 7) is 3.51. The lowest BCUT2D eigenvalue weighted by molar-refractivity contribution is 0.0771. The number of benzene rings is 2. The molecular weight excluding hydrogens is 348 g/mol. The molecule has 0 unspecified atom stereocenters. The number of carbonyl (C=O) groups excluding carboxylic acids is 1. The van der Waals surface area contributed by atoms with Gasteiger partial charge in [0.25, 0.3) is 5.91 Å². The van der Waals surface area contributed by atoms with Crippen molar-refractivity contribution in [2.45, 2.75) is 13.3 Å². The minimum atomic E-state index is 0.0634. The van der Waals surface area contributed by atoms with Gasteiger partial charge in [0.15, 0.2) is 0 Å². The van der Waals surface area contributed by atoms with Gasteiger partial charge in [-0.05, 0) is 43.7 Å². The van der Waals surface area contributed by atoms with Crippen molar-refractivity contribution in [3.8, 4) is 11.3 Å². The van der Waals surface area contributed by atoms with Crippen molar-refractivity contribution < 1.29 is 4.79 Å². The summed E-state index contributed by atoms with van der Waals surface area (Å²) in [5.41, 5.74) is 4.66. The summed E-state index contributed by atoms with van der Waals surface area (Å²) in [7, 11) is 0. The molecule has 1 aromatic heterocycles. The molecule has 1 N–H and O–H groups in total. The molecule has 0 saturated carbocycles. The maximum absolute atomic E-state index is 12.5. The number of aryl methyl sites for hydroxylation is 1. The number of nitrogens with one attached hydrogen (secondary N) is 1. The summed E-state index contributed by atoms with van der Waals surface area (Å²) in [6, 6.07) is 17.6. The average molecular weight is 370 g/mol. The van der Waals surface area contributed by atoms with E-state index in [4.69, 9.17) is 0 Å². The van der Waals surface area contributed by atoms with Gasteiger partial charge in [-0.1, -0.05) is 42.0 Å². The number of hydrogen-bond donors (Lipinski definition) is 1. The molecule has 5 heteroatoms. The highest BCUT2D eigenvalue weighted by Gasteiger charge is 2.15. The van der Waals surface area contributed by atoms with Crippen molar-refractivity contribution in [2.75, 3.05) is 18.4 Å². The second-order valence-electron chi connectivity index (χ2n) is 6.85. The first kappa shape index (κ1) is 17.9. The van der Waals surface area contributed by atoms with Gasteiger partial charge >= 0.3 is 0 Å². The van der Waals surface area contributed by atoms with Gasteiger partial charge in [-0.2, -0.15) is 0 Å².